The highest BCUT2D eigenvalue weighted by molar-refractivity contribution is 5.81. The van der Waals surface area contributed by atoms with E-state index in [4.69, 9.17) is 5.73 Å². The van der Waals surface area contributed by atoms with Gasteiger partial charge in [0.15, 0.2) is 0 Å². The van der Waals surface area contributed by atoms with Crippen molar-refractivity contribution in [3.05, 3.63) is 48.4 Å². The number of allylic oxidation sites excluding steroid dienone is 4. The van der Waals surface area contributed by atoms with Crippen molar-refractivity contribution in [1.29, 1.82) is 0 Å². The highest BCUT2D eigenvalue weighted by Gasteiger charge is 2.37. The second-order valence-corrected chi connectivity index (χ2v) is 5.83. The van der Waals surface area contributed by atoms with Gasteiger partial charge in [0.25, 0.3) is 0 Å². The van der Waals surface area contributed by atoms with E-state index in [0.717, 1.165) is 12.8 Å². The largest absolute Gasteiger partial charge is 0.399 e. The summed E-state index contributed by atoms with van der Waals surface area (Å²) in [6.45, 7) is 15.6. The van der Waals surface area contributed by atoms with Gasteiger partial charge in [0.05, 0.1) is 12.0 Å². The lowest BCUT2D eigenvalue weighted by molar-refractivity contribution is -0.133. The minimum Gasteiger partial charge on any atom is -0.399 e. The van der Waals surface area contributed by atoms with Gasteiger partial charge in [-0.05, 0) is 43.5 Å². The first kappa shape index (κ1) is 28.2. The maximum Gasteiger partial charge on any atom is 0.227 e. The Hall–Kier alpha value is -2.01. The first-order chi connectivity index (χ1) is 13.5. The van der Waals surface area contributed by atoms with Crippen LogP contribution in [0.4, 0.5) is 0 Å². The molecule has 5 heteroatoms. The summed E-state index contributed by atoms with van der Waals surface area (Å²) in [6.07, 6.45) is 11.9. The van der Waals surface area contributed by atoms with Crippen LogP contribution in [0.5, 0.6) is 0 Å². The average Bonchev–Trinajstić information content (AvgIpc) is 2.73. The van der Waals surface area contributed by atoms with Crippen LogP contribution in [0.15, 0.2) is 48.4 Å². The fourth-order valence-electron chi connectivity index (χ4n) is 3.12. The van der Waals surface area contributed by atoms with Gasteiger partial charge in [-0.25, -0.2) is 0 Å². The summed E-state index contributed by atoms with van der Waals surface area (Å²) >= 11 is 0. The minimum atomic E-state index is -0.712. The zero-order chi connectivity index (χ0) is 22.1. The molecule has 2 aliphatic rings. The average molecular weight is 394 g/mol. The van der Waals surface area contributed by atoms with Crippen molar-refractivity contribution >= 4 is 5.91 Å². The van der Waals surface area contributed by atoms with Gasteiger partial charge < -0.3 is 21.1 Å². The van der Waals surface area contributed by atoms with Gasteiger partial charge in [-0.15, -0.1) is 0 Å². The predicted octanol–water partition coefficient (Wildman–Crippen LogP) is 4.47. The van der Waals surface area contributed by atoms with Crippen molar-refractivity contribution in [3.63, 3.8) is 0 Å². The Labute approximate surface area is 173 Å². The molecule has 0 aromatic carbocycles. The number of carbonyl (C=O) groups excluding carboxylic acids is 1. The van der Waals surface area contributed by atoms with E-state index in [-0.39, 0.29) is 17.9 Å². The van der Waals surface area contributed by atoms with Crippen molar-refractivity contribution in [2.75, 3.05) is 7.05 Å². The number of rotatable bonds is 4. The lowest BCUT2D eigenvalue weighted by Crippen LogP contribution is -2.52. The van der Waals surface area contributed by atoms with Crippen LogP contribution in [0.1, 0.15) is 67.2 Å². The Morgan fingerprint density at radius 1 is 1.29 bits per heavy atom. The van der Waals surface area contributed by atoms with Crippen LogP contribution in [0.2, 0.25) is 0 Å². The van der Waals surface area contributed by atoms with Crippen LogP contribution in [0, 0.1) is 5.92 Å². The number of nitrogens with one attached hydrogen (secondary N) is 1. The van der Waals surface area contributed by atoms with Gasteiger partial charge in [-0.2, -0.15) is 0 Å². The predicted molar refractivity (Wildman–Crippen MR) is 121 cm³/mol. The fraction of sp³-hybridized carbons (Fsp3) is 0.609. The molecule has 5 nitrogen and oxygen atoms in total. The molecule has 3 atom stereocenters. The van der Waals surface area contributed by atoms with Gasteiger partial charge in [0.2, 0.25) is 5.91 Å². The molecular formula is C23H43N3O2. The van der Waals surface area contributed by atoms with E-state index in [1.165, 1.54) is 5.57 Å². The topological polar surface area (TPSA) is 78.6 Å². The van der Waals surface area contributed by atoms with E-state index in [0.29, 0.717) is 18.5 Å². The van der Waals surface area contributed by atoms with E-state index < -0.39 is 6.23 Å². The lowest BCUT2D eigenvalue weighted by Gasteiger charge is -2.40. The van der Waals surface area contributed by atoms with Gasteiger partial charge in [0, 0.05) is 12.7 Å². The van der Waals surface area contributed by atoms with E-state index in [9.17, 15) is 9.90 Å². The first-order valence-corrected chi connectivity index (χ1v) is 10.7. The molecule has 3 unspecified atom stereocenters. The third-order valence-electron chi connectivity index (χ3n) is 4.26. The van der Waals surface area contributed by atoms with Gasteiger partial charge in [-0.3, -0.25) is 4.79 Å². The van der Waals surface area contributed by atoms with Crippen LogP contribution in [0.3, 0.4) is 0 Å². The monoisotopic (exact) mass is 393 g/mol. The number of nitrogens with zero attached hydrogens (tertiary/aromatic N) is 1. The zero-order valence-corrected chi connectivity index (χ0v) is 19.0. The summed E-state index contributed by atoms with van der Waals surface area (Å²) in [5.74, 6) is -0.205. The number of hydrogen-bond donors (Lipinski definition) is 3. The third kappa shape index (κ3) is 9.27. The number of hydrogen-bond acceptors (Lipinski definition) is 4. The molecule has 0 bridgehead atoms. The maximum absolute atomic E-state index is 12.2. The number of nitrogens with two attached hydrogens (primary N) is 1. The molecule has 162 valence electrons. The molecule has 1 saturated heterocycles. The summed E-state index contributed by atoms with van der Waals surface area (Å²) in [5, 5.41) is 12.2. The Balaban J connectivity index is 0. The Morgan fingerprint density at radius 3 is 2.43 bits per heavy atom. The molecule has 0 spiro atoms. The van der Waals surface area contributed by atoms with Crippen molar-refractivity contribution < 1.29 is 9.90 Å². The highest BCUT2D eigenvalue weighted by Crippen LogP contribution is 2.31. The quantitative estimate of drug-likeness (QED) is 0.486. The Kier molecular flexibility index (Phi) is 17.2. The van der Waals surface area contributed by atoms with E-state index in [1.807, 2.05) is 60.9 Å². The van der Waals surface area contributed by atoms with Gasteiger partial charge in [-0.1, -0.05) is 66.3 Å². The van der Waals surface area contributed by atoms with Crippen molar-refractivity contribution in [2.24, 2.45) is 11.7 Å². The standard InChI is InChI=1S/C17H25N3O2.3C2H6/c1-3-13(18)8-4-6-12-7-5-11-20(2)16(12)14-9-10-15(21)19-17(14)22;3*1-2/h3,5-6,8,11,14-16,21H,1,4,7,9-10,18H2,2H3,(H,19,22);3*1-2H3/b12-6+,13-8+;;;. The molecule has 0 aromatic heterocycles. The molecule has 2 aliphatic heterocycles. The number of piperidine rings is 1. The van der Waals surface area contributed by atoms with E-state index in [1.54, 1.807) is 6.08 Å². The third-order valence-corrected chi connectivity index (χ3v) is 4.26. The smallest absolute Gasteiger partial charge is 0.227 e. The Morgan fingerprint density at radius 2 is 1.89 bits per heavy atom. The van der Waals surface area contributed by atoms with Crippen LogP contribution in [-0.2, 0) is 4.79 Å². The minimum absolute atomic E-state index is 0.0378. The molecule has 0 radical (unpaired) electrons. The Bertz CT molecular complexity index is 524. The summed E-state index contributed by atoms with van der Waals surface area (Å²) in [5.41, 5.74) is 7.60. The summed E-state index contributed by atoms with van der Waals surface area (Å²) < 4.78 is 0. The maximum atomic E-state index is 12.2. The van der Waals surface area contributed by atoms with Gasteiger partial charge in [0.1, 0.15) is 6.23 Å². The first-order valence-electron chi connectivity index (χ1n) is 10.7. The summed E-state index contributed by atoms with van der Waals surface area (Å²) in [4.78, 5) is 14.3. The molecule has 4 N–H and O–H groups in total. The molecule has 2 rings (SSSR count). The van der Waals surface area contributed by atoms with E-state index in [2.05, 4.69) is 28.9 Å². The molecule has 28 heavy (non-hydrogen) atoms. The summed E-state index contributed by atoms with van der Waals surface area (Å²) in [6, 6.07) is 0.0378. The van der Waals surface area contributed by atoms with Crippen LogP contribution >= 0.6 is 0 Å². The van der Waals surface area contributed by atoms with Crippen LogP contribution in [0.25, 0.3) is 0 Å². The molecular weight excluding hydrogens is 350 g/mol. The summed E-state index contributed by atoms with van der Waals surface area (Å²) in [7, 11) is 1.99. The molecule has 0 aromatic rings. The number of carbonyl (C=O) groups is 1. The molecule has 1 amide bonds. The highest BCUT2D eigenvalue weighted by atomic mass is 16.3. The normalized spacial score (nSPS) is 25.2. The number of aliphatic hydroxyl groups is 1. The molecule has 2 heterocycles. The SMILES string of the molecule is C=C/C(N)=C\C/C=C1\CC=CN(C)C1C1CCC(O)NC1=O.CC.CC.CC. The number of amides is 1. The van der Waals surface area contributed by atoms with Crippen molar-refractivity contribution in [3.8, 4) is 0 Å². The molecule has 0 saturated carbocycles. The van der Waals surface area contributed by atoms with Crippen molar-refractivity contribution in [1.82, 2.24) is 10.2 Å². The van der Waals surface area contributed by atoms with Crippen LogP contribution in [-0.4, -0.2) is 35.2 Å². The van der Waals surface area contributed by atoms with E-state index >= 15 is 0 Å². The zero-order valence-electron chi connectivity index (χ0n) is 19.0. The lowest BCUT2D eigenvalue weighted by atomic mass is 9.82. The second-order valence-electron chi connectivity index (χ2n) is 5.83. The van der Waals surface area contributed by atoms with Crippen molar-refractivity contribution in [2.45, 2.75) is 79.5 Å². The van der Waals surface area contributed by atoms with Crippen LogP contribution < -0.4 is 11.1 Å². The van der Waals surface area contributed by atoms with Gasteiger partial charge >= 0.3 is 0 Å². The number of aliphatic hydroxyl groups excluding tert-OH is 1. The molecule has 0 aliphatic carbocycles. The fourth-order valence-corrected chi connectivity index (χ4v) is 3.12. The number of likely N-dealkylation sites (N-methyl/N-ethyl adjacent to an activating group) is 1. The second kappa shape index (κ2) is 17.1. The molecule has 1 fully saturated rings.